The lowest BCUT2D eigenvalue weighted by Crippen LogP contribution is -2.35. The molecule has 1 rings (SSSR count). The van der Waals surface area contributed by atoms with E-state index >= 15 is 0 Å². The quantitative estimate of drug-likeness (QED) is 0.779. The van der Waals surface area contributed by atoms with E-state index in [0.29, 0.717) is 19.4 Å². The Morgan fingerprint density at radius 3 is 2.79 bits per heavy atom. The molecule has 19 heavy (non-hydrogen) atoms. The van der Waals surface area contributed by atoms with Crippen LogP contribution in [0.2, 0.25) is 0 Å². The van der Waals surface area contributed by atoms with Gasteiger partial charge in [0.1, 0.15) is 0 Å². The predicted octanol–water partition coefficient (Wildman–Crippen LogP) is 1.18. The number of nitrogens with one attached hydrogen (secondary N) is 1. The Balaban J connectivity index is 2.30. The number of aliphatic hydroxyl groups excluding tert-OH is 1. The van der Waals surface area contributed by atoms with E-state index in [0.717, 1.165) is 17.7 Å². The van der Waals surface area contributed by atoms with E-state index in [4.69, 9.17) is 0 Å². The van der Waals surface area contributed by atoms with Crippen LogP contribution >= 0.6 is 0 Å². The second-order valence-corrected chi connectivity index (χ2v) is 5.17. The highest BCUT2D eigenvalue weighted by atomic mass is 16.3. The van der Waals surface area contributed by atoms with Gasteiger partial charge in [-0.3, -0.25) is 9.48 Å². The highest BCUT2D eigenvalue weighted by molar-refractivity contribution is 5.76. The van der Waals surface area contributed by atoms with Gasteiger partial charge in [0.25, 0.3) is 0 Å². The number of carbonyl (C=O) groups excluding carboxylic acids is 1. The summed E-state index contributed by atoms with van der Waals surface area (Å²) in [4.78, 5) is 11.7. The molecule has 0 aliphatic rings. The molecule has 5 nitrogen and oxygen atoms in total. The first kappa shape index (κ1) is 15.7. The average molecular weight is 267 g/mol. The van der Waals surface area contributed by atoms with Crippen LogP contribution in [0.15, 0.2) is 6.20 Å². The van der Waals surface area contributed by atoms with Gasteiger partial charge < -0.3 is 10.4 Å². The van der Waals surface area contributed by atoms with E-state index in [1.54, 1.807) is 4.68 Å². The van der Waals surface area contributed by atoms with Crippen molar-refractivity contribution in [3.63, 3.8) is 0 Å². The summed E-state index contributed by atoms with van der Waals surface area (Å²) in [5.74, 6) is 0.187. The first-order valence-electron chi connectivity index (χ1n) is 6.87. The van der Waals surface area contributed by atoms with Crippen LogP contribution in [-0.4, -0.2) is 33.4 Å². The van der Waals surface area contributed by atoms with Gasteiger partial charge >= 0.3 is 0 Å². The van der Waals surface area contributed by atoms with Gasteiger partial charge in [0, 0.05) is 26.2 Å². The molecule has 0 aliphatic carbocycles. The minimum atomic E-state index is -0.464. The van der Waals surface area contributed by atoms with Crippen molar-refractivity contribution in [2.24, 2.45) is 13.0 Å². The fraction of sp³-hybridized carbons (Fsp3) is 0.714. The van der Waals surface area contributed by atoms with Crippen LogP contribution in [0.4, 0.5) is 0 Å². The lowest BCUT2D eigenvalue weighted by atomic mass is 10.0. The maximum Gasteiger partial charge on any atom is 0.220 e. The number of nitrogens with zero attached hydrogens (tertiary/aromatic N) is 2. The van der Waals surface area contributed by atoms with Crippen molar-refractivity contribution in [2.75, 3.05) is 6.54 Å². The number of aryl methyl sites for hydroxylation is 3. The van der Waals surface area contributed by atoms with Gasteiger partial charge in [-0.05, 0) is 24.8 Å². The Labute approximate surface area is 115 Å². The number of amides is 1. The van der Waals surface area contributed by atoms with Crippen molar-refractivity contribution in [1.29, 1.82) is 0 Å². The summed E-state index contributed by atoms with van der Waals surface area (Å²) in [5.41, 5.74) is 2.06. The van der Waals surface area contributed by atoms with E-state index in [-0.39, 0.29) is 11.8 Å². The Kier molecular flexibility index (Phi) is 6.02. The Hall–Kier alpha value is -1.36. The van der Waals surface area contributed by atoms with E-state index in [9.17, 15) is 9.90 Å². The molecule has 0 radical (unpaired) electrons. The van der Waals surface area contributed by atoms with Crippen LogP contribution in [-0.2, 0) is 18.3 Å². The molecular formula is C14H25N3O2. The Morgan fingerprint density at radius 1 is 1.58 bits per heavy atom. The normalized spacial score (nSPS) is 14.2. The molecule has 2 N–H and O–H groups in total. The lowest BCUT2D eigenvalue weighted by Gasteiger charge is -2.17. The summed E-state index contributed by atoms with van der Waals surface area (Å²) in [6.45, 7) is 6.29. The van der Waals surface area contributed by atoms with E-state index < -0.39 is 6.10 Å². The first-order valence-corrected chi connectivity index (χ1v) is 6.87. The molecule has 0 aliphatic heterocycles. The van der Waals surface area contributed by atoms with Crippen molar-refractivity contribution in [1.82, 2.24) is 15.1 Å². The molecule has 2 atom stereocenters. The largest absolute Gasteiger partial charge is 0.391 e. The summed E-state index contributed by atoms with van der Waals surface area (Å²) in [6.07, 6.45) is 3.50. The number of hydrogen-bond acceptors (Lipinski definition) is 3. The minimum absolute atomic E-state index is 0.0226. The molecule has 1 aromatic heterocycles. The first-order chi connectivity index (χ1) is 8.93. The predicted molar refractivity (Wildman–Crippen MR) is 74.7 cm³/mol. The standard InChI is InChI=1S/C14H25N3O2/c1-5-10(2)13(18)8-15-14(19)7-6-12-9-17(4)16-11(12)3/h9-10,13,18H,5-8H2,1-4H3,(H,15,19). The second kappa shape index (κ2) is 7.28. The van der Waals surface area contributed by atoms with Gasteiger partial charge in [0.05, 0.1) is 11.8 Å². The molecule has 0 saturated heterocycles. The zero-order chi connectivity index (χ0) is 14.4. The average Bonchev–Trinajstić information content (AvgIpc) is 2.70. The smallest absolute Gasteiger partial charge is 0.220 e. The number of aromatic nitrogens is 2. The molecule has 0 bridgehead atoms. The van der Waals surface area contributed by atoms with E-state index in [1.807, 2.05) is 34.0 Å². The Bertz CT molecular complexity index is 415. The third-order valence-electron chi connectivity index (χ3n) is 3.55. The van der Waals surface area contributed by atoms with Gasteiger partial charge in [-0.1, -0.05) is 20.3 Å². The highest BCUT2D eigenvalue weighted by Crippen LogP contribution is 2.08. The lowest BCUT2D eigenvalue weighted by molar-refractivity contribution is -0.121. The zero-order valence-electron chi connectivity index (χ0n) is 12.3. The summed E-state index contributed by atoms with van der Waals surface area (Å²) in [5, 5.41) is 16.8. The van der Waals surface area contributed by atoms with Crippen LogP contribution in [0, 0.1) is 12.8 Å². The van der Waals surface area contributed by atoms with Gasteiger partial charge in [0.2, 0.25) is 5.91 Å². The van der Waals surface area contributed by atoms with Crippen LogP contribution < -0.4 is 5.32 Å². The van der Waals surface area contributed by atoms with Crippen LogP contribution in [0.25, 0.3) is 0 Å². The molecule has 108 valence electrons. The number of aliphatic hydroxyl groups is 1. The van der Waals surface area contributed by atoms with Crippen molar-refractivity contribution >= 4 is 5.91 Å². The number of hydrogen-bond donors (Lipinski definition) is 2. The zero-order valence-corrected chi connectivity index (χ0v) is 12.3. The fourth-order valence-corrected chi connectivity index (χ4v) is 1.92. The van der Waals surface area contributed by atoms with Gasteiger partial charge in [-0.2, -0.15) is 5.10 Å². The molecule has 0 saturated carbocycles. The van der Waals surface area contributed by atoms with Crippen LogP contribution in [0.1, 0.15) is 37.9 Å². The summed E-state index contributed by atoms with van der Waals surface area (Å²) in [6, 6.07) is 0. The summed E-state index contributed by atoms with van der Waals surface area (Å²) >= 11 is 0. The molecule has 1 amide bonds. The maximum absolute atomic E-state index is 11.7. The summed E-state index contributed by atoms with van der Waals surface area (Å²) < 4.78 is 1.76. The Morgan fingerprint density at radius 2 is 2.26 bits per heavy atom. The fourth-order valence-electron chi connectivity index (χ4n) is 1.92. The van der Waals surface area contributed by atoms with Crippen molar-refractivity contribution in [2.45, 2.75) is 46.1 Å². The highest BCUT2D eigenvalue weighted by Gasteiger charge is 2.13. The second-order valence-electron chi connectivity index (χ2n) is 5.17. The van der Waals surface area contributed by atoms with Gasteiger partial charge in [-0.25, -0.2) is 0 Å². The maximum atomic E-state index is 11.7. The SMILES string of the molecule is CCC(C)C(O)CNC(=O)CCc1cn(C)nc1C. The molecule has 0 spiro atoms. The minimum Gasteiger partial charge on any atom is -0.391 e. The third kappa shape index (κ3) is 5.03. The van der Waals surface area contributed by atoms with Crippen molar-refractivity contribution in [3.8, 4) is 0 Å². The molecule has 1 aromatic rings. The van der Waals surface area contributed by atoms with Crippen molar-refractivity contribution < 1.29 is 9.90 Å². The summed E-state index contributed by atoms with van der Waals surface area (Å²) in [7, 11) is 1.87. The van der Waals surface area contributed by atoms with Crippen LogP contribution in [0.3, 0.4) is 0 Å². The molecule has 0 fully saturated rings. The molecule has 2 unspecified atom stereocenters. The van der Waals surface area contributed by atoms with E-state index in [1.165, 1.54) is 0 Å². The van der Waals surface area contributed by atoms with Gasteiger partial charge in [0.15, 0.2) is 0 Å². The molecule has 1 heterocycles. The third-order valence-corrected chi connectivity index (χ3v) is 3.55. The van der Waals surface area contributed by atoms with Crippen molar-refractivity contribution in [3.05, 3.63) is 17.5 Å². The van der Waals surface area contributed by atoms with Crippen LogP contribution in [0.5, 0.6) is 0 Å². The molecule has 0 aromatic carbocycles. The number of rotatable bonds is 7. The monoisotopic (exact) mass is 267 g/mol. The molecule has 5 heteroatoms. The molecular weight excluding hydrogens is 242 g/mol. The number of carbonyl (C=O) groups is 1. The van der Waals surface area contributed by atoms with Gasteiger partial charge in [-0.15, -0.1) is 0 Å². The van der Waals surface area contributed by atoms with E-state index in [2.05, 4.69) is 10.4 Å². The topological polar surface area (TPSA) is 67.2 Å².